The highest BCUT2D eigenvalue weighted by molar-refractivity contribution is 5.44. The van der Waals surface area contributed by atoms with Gasteiger partial charge >= 0.3 is 0 Å². The minimum Gasteiger partial charge on any atom is -0.326 e. The van der Waals surface area contributed by atoms with Crippen LogP contribution in [0.25, 0.3) is 0 Å². The lowest BCUT2D eigenvalue weighted by atomic mass is 9.78. The number of nitrogens with two attached hydrogens (primary N) is 1. The quantitative estimate of drug-likeness (QED) is 0.683. The van der Waals surface area contributed by atoms with Gasteiger partial charge in [0.2, 0.25) is 0 Å². The lowest BCUT2D eigenvalue weighted by Gasteiger charge is -2.27. The summed E-state index contributed by atoms with van der Waals surface area (Å²) in [5, 5.41) is 0. The average molecular weight is 201 g/mol. The molecular weight excluding hydrogens is 182 g/mol. The molecule has 2 atom stereocenters. The molecule has 1 heteroatoms. The Morgan fingerprint density at radius 2 is 2.40 bits per heavy atom. The van der Waals surface area contributed by atoms with Crippen molar-refractivity contribution in [3.05, 3.63) is 47.6 Å². The molecule has 0 saturated heterocycles. The van der Waals surface area contributed by atoms with E-state index < -0.39 is 0 Å². The average Bonchev–Trinajstić information content (AvgIpc) is 2.30. The Kier molecular flexibility index (Phi) is 3.22. The molecule has 0 bridgehead atoms. The fraction of sp³-hybridized carbons (Fsp3) is 0.429. The zero-order chi connectivity index (χ0) is 10.7. The van der Waals surface area contributed by atoms with Gasteiger partial charge in [0.05, 0.1) is 0 Å². The lowest BCUT2D eigenvalue weighted by molar-refractivity contribution is 0.489. The van der Waals surface area contributed by atoms with E-state index in [0.29, 0.717) is 12.5 Å². The number of allylic oxidation sites excluding steroid dienone is 6. The van der Waals surface area contributed by atoms with Crippen LogP contribution in [0.15, 0.2) is 47.6 Å². The van der Waals surface area contributed by atoms with Crippen molar-refractivity contribution >= 4 is 0 Å². The molecule has 15 heavy (non-hydrogen) atoms. The highest BCUT2D eigenvalue weighted by atomic mass is 14.5. The van der Waals surface area contributed by atoms with E-state index in [1.54, 1.807) is 0 Å². The van der Waals surface area contributed by atoms with Crippen LogP contribution in [0.1, 0.15) is 19.8 Å². The number of hydrogen-bond donors (Lipinski definition) is 1. The Labute approximate surface area is 92.1 Å². The first kappa shape index (κ1) is 10.4. The molecule has 1 nitrogen and oxygen atoms in total. The molecule has 0 fully saturated rings. The Bertz CT molecular complexity index is 344. The minimum atomic E-state index is 0.597. The Morgan fingerprint density at radius 1 is 1.53 bits per heavy atom. The summed E-state index contributed by atoms with van der Waals surface area (Å²) in [4.78, 5) is 0. The van der Waals surface area contributed by atoms with Gasteiger partial charge < -0.3 is 5.73 Å². The van der Waals surface area contributed by atoms with Gasteiger partial charge in [-0.1, -0.05) is 36.5 Å². The second kappa shape index (κ2) is 4.63. The summed E-state index contributed by atoms with van der Waals surface area (Å²) in [6.07, 6.45) is 16.2. The normalized spacial score (nSPS) is 30.0. The largest absolute Gasteiger partial charge is 0.326 e. The van der Waals surface area contributed by atoms with Crippen molar-refractivity contribution in [3.63, 3.8) is 0 Å². The van der Waals surface area contributed by atoms with Gasteiger partial charge in [-0.2, -0.15) is 0 Å². The highest BCUT2D eigenvalue weighted by Gasteiger charge is 2.21. The van der Waals surface area contributed by atoms with Crippen molar-refractivity contribution in [3.8, 4) is 0 Å². The van der Waals surface area contributed by atoms with Crippen LogP contribution in [-0.2, 0) is 0 Å². The summed E-state index contributed by atoms with van der Waals surface area (Å²) in [6.45, 7) is 2.69. The predicted molar refractivity (Wildman–Crippen MR) is 65.4 cm³/mol. The second-order valence-corrected chi connectivity index (χ2v) is 4.25. The van der Waals surface area contributed by atoms with Crippen molar-refractivity contribution < 1.29 is 0 Å². The fourth-order valence-corrected chi connectivity index (χ4v) is 2.39. The van der Waals surface area contributed by atoms with Gasteiger partial charge in [0, 0.05) is 12.5 Å². The van der Waals surface area contributed by atoms with Crippen LogP contribution in [0.3, 0.4) is 0 Å². The molecule has 2 aliphatic rings. The van der Waals surface area contributed by atoms with Crippen LogP contribution in [0.4, 0.5) is 0 Å². The molecule has 0 amide bonds. The maximum absolute atomic E-state index is 5.72. The van der Waals surface area contributed by atoms with Crippen LogP contribution in [-0.4, -0.2) is 6.54 Å². The minimum absolute atomic E-state index is 0.597. The predicted octanol–water partition coefficient (Wildman–Crippen LogP) is 2.97. The molecule has 2 unspecified atom stereocenters. The molecule has 0 aromatic rings. The van der Waals surface area contributed by atoms with Crippen molar-refractivity contribution in [1.29, 1.82) is 0 Å². The van der Waals surface area contributed by atoms with E-state index in [2.05, 4.69) is 43.4 Å². The smallest absolute Gasteiger partial charge is 0.0180 e. The topological polar surface area (TPSA) is 26.0 Å². The highest BCUT2D eigenvalue weighted by Crippen LogP contribution is 2.33. The molecule has 0 aliphatic heterocycles. The summed E-state index contributed by atoms with van der Waals surface area (Å²) in [5.74, 6) is 1.31. The van der Waals surface area contributed by atoms with Gasteiger partial charge in [-0.15, -0.1) is 0 Å². The molecule has 0 heterocycles. The van der Waals surface area contributed by atoms with Gasteiger partial charge in [-0.25, -0.2) is 0 Å². The van der Waals surface area contributed by atoms with Crippen LogP contribution >= 0.6 is 0 Å². The SMILES string of the molecule is CC=C(CN)C1=CC2C=CCCC2C=C1. The molecular formula is C14H19N. The third-order valence-corrected chi connectivity index (χ3v) is 3.35. The lowest BCUT2D eigenvalue weighted by Crippen LogP contribution is -2.16. The third-order valence-electron chi connectivity index (χ3n) is 3.35. The van der Waals surface area contributed by atoms with Gasteiger partial charge in [0.25, 0.3) is 0 Å². The second-order valence-electron chi connectivity index (χ2n) is 4.25. The van der Waals surface area contributed by atoms with Crippen LogP contribution < -0.4 is 5.73 Å². The van der Waals surface area contributed by atoms with E-state index in [0.717, 1.165) is 5.92 Å². The number of hydrogen-bond acceptors (Lipinski definition) is 1. The van der Waals surface area contributed by atoms with E-state index in [1.165, 1.54) is 24.0 Å². The van der Waals surface area contributed by atoms with E-state index in [4.69, 9.17) is 5.73 Å². The van der Waals surface area contributed by atoms with Crippen molar-refractivity contribution in [1.82, 2.24) is 0 Å². The molecule has 2 rings (SSSR count). The number of rotatable bonds is 2. The Hall–Kier alpha value is -1.08. The van der Waals surface area contributed by atoms with Crippen LogP contribution in [0.5, 0.6) is 0 Å². The van der Waals surface area contributed by atoms with E-state index in [-0.39, 0.29) is 0 Å². The first-order valence-electron chi connectivity index (χ1n) is 5.77. The van der Waals surface area contributed by atoms with E-state index >= 15 is 0 Å². The van der Waals surface area contributed by atoms with Crippen LogP contribution in [0, 0.1) is 11.8 Å². The van der Waals surface area contributed by atoms with Crippen LogP contribution in [0.2, 0.25) is 0 Å². The maximum atomic E-state index is 5.72. The van der Waals surface area contributed by atoms with Gasteiger partial charge in [-0.05, 0) is 36.8 Å². The molecule has 0 radical (unpaired) electrons. The molecule has 0 aromatic heterocycles. The Morgan fingerprint density at radius 3 is 3.13 bits per heavy atom. The monoisotopic (exact) mass is 201 g/mol. The molecule has 0 spiro atoms. The standard InChI is InChI=1S/C14H19N/c1-2-11(10-15)14-8-7-12-5-3-4-6-13(12)9-14/h2,4,6-9,12-13H,3,5,10,15H2,1H3. The van der Waals surface area contributed by atoms with Crippen molar-refractivity contribution in [2.45, 2.75) is 19.8 Å². The molecule has 0 saturated carbocycles. The third kappa shape index (κ3) is 2.13. The van der Waals surface area contributed by atoms with Gasteiger partial charge in [-0.3, -0.25) is 0 Å². The van der Waals surface area contributed by atoms with E-state index in [1.807, 2.05) is 0 Å². The summed E-state index contributed by atoms with van der Waals surface area (Å²) in [7, 11) is 0. The summed E-state index contributed by atoms with van der Waals surface area (Å²) < 4.78 is 0. The summed E-state index contributed by atoms with van der Waals surface area (Å²) in [5.41, 5.74) is 8.29. The summed E-state index contributed by atoms with van der Waals surface area (Å²) in [6, 6.07) is 0. The first-order chi connectivity index (χ1) is 7.35. The number of fused-ring (bicyclic) bond motifs is 1. The molecule has 2 N–H and O–H groups in total. The molecule has 2 aliphatic carbocycles. The summed E-state index contributed by atoms with van der Waals surface area (Å²) >= 11 is 0. The van der Waals surface area contributed by atoms with E-state index in [9.17, 15) is 0 Å². The fourth-order valence-electron chi connectivity index (χ4n) is 2.39. The zero-order valence-corrected chi connectivity index (χ0v) is 9.32. The molecule has 80 valence electrons. The maximum Gasteiger partial charge on any atom is 0.0180 e. The first-order valence-corrected chi connectivity index (χ1v) is 5.77. The van der Waals surface area contributed by atoms with Gasteiger partial charge in [0.1, 0.15) is 0 Å². The van der Waals surface area contributed by atoms with Crippen molar-refractivity contribution in [2.24, 2.45) is 17.6 Å². The molecule has 0 aromatic carbocycles. The van der Waals surface area contributed by atoms with Crippen molar-refractivity contribution in [2.75, 3.05) is 6.54 Å². The van der Waals surface area contributed by atoms with Gasteiger partial charge in [0.15, 0.2) is 0 Å². The zero-order valence-electron chi connectivity index (χ0n) is 9.32. The Balaban J connectivity index is 2.22.